The first-order chi connectivity index (χ1) is 6.70. The molecule has 0 aromatic heterocycles. The van der Waals surface area contributed by atoms with Crippen LogP contribution in [0.25, 0.3) is 0 Å². The molecule has 0 bridgehead atoms. The van der Waals surface area contributed by atoms with Crippen LogP contribution in [0, 0.1) is 0 Å². The summed E-state index contributed by atoms with van der Waals surface area (Å²) in [6, 6.07) is 0. The van der Waals surface area contributed by atoms with Crippen LogP contribution < -0.4 is 0 Å². The van der Waals surface area contributed by atoms with E-state index in [0.717, 1.165) is 6.54 Å². The lowest BCUT2D eigenvalue weighted by Crippen LogP contribution is -2.40. The summed E-state index contributed by atoms with van der Waals surface area (Å²) in [5, 5.41) is 9.61. The minimum absolute atomic E-state index is 0.174. The number of aliphatic hydroxyl groups is 1. The number of nitrogens with zero attached hydrogens (tertiary/aromatic N) is 1. The first kappa shape index (κ1) is 14.9. The van der Waals surface area contributed by atoms with Crippen LogP contribution in [-0.2, 0) is 9.84 Å². The van der Waals surface area contributed by atoms with Crippen LogP contribution >= 0.6 is 0 Å². The van der Waals surface area contributed by atoms with Gasteiger partial charge in [0.1, 0.15) is 0 Å². The average Bonchev–Trinajstić information content (AvgIpc) is 2.10. The Bertz CT molecular complexity index is 267. The zero-order valence-electron chi connectivity index (χ0n) is 10.2. The number of sulfone groups is 1. The maximum Gasteiger partial charge on any atom is 0.151 e. The fourth-order valence-corrected chi connectivity index (χ4v) is 2.13. The van der Waals surface area contributed by atoms with Crippen molar-refractivity contribution in [3.05, 3.63) is 0 Å². The molecule has 1 N–H and O–H groups in total. The molecule has 0 aliphatic heterocycles. The van der Waals surface area contributed by atoms with Crippen LogP contribution in [0.3, 0.4) is 0 Å². The molecule has 0 saturated carbocycles. The maximum atomic E-state index is 11.3. The Labute approximate surface area is 93.2 Å². The standard InChI is InChI=1S/C10H23NO3S/c1-5-11(9-10(3,4)12)7-8-15(13,14)6-2/h12H,5-9H2,1-4H3. The second-order valence-electron chi connectivity index (χ2n) is 4.42. The molecule has 0 amide bonds. The summed E-state index contributed by atoms with van der Waals surface area (Å²) in [4.78, 5) is 1.95. The molecule has 5 heteroatoms. The van der Waals surface area contributed by atoms with Gasteiger partial charge in [0.15, 0.2) is 9.84 Å². The highest BCUT2D eigenvalue weighted by Crippen LogP contribution is 2.05. The smallest absolute Gasteiger partial charge is 0.151 e. The third-order valence-electron chi connectivity index (χ3n) is 2.22. The lowest BCUT2D eigenvalue weighted by molar-refractivity contribution is 0.0398. The molecule has 0 aromatic rings. The first-order valence-corrected chi connectivity index (χ1v) is 7.17. The predicted octanol–water partition coefficient (Wildman–Crippen LogP) is 0.514. The van der Waals surface area contributed by atoms with Gasteiger partial charge in [-0.2, -0.15) is 0 Å². The van der Waals surface area contributed by atoms with Gasteiger partial charge in [-0.15, -0.1) is 0 Å². The van der Waals surface area contributed by atoms with E-state index < -0.39 is 15.4 Å². The summed E-state index contributed by atoms with van der Waals surface area (Å²) < 4.78 is 22.6. The SMILES string of the molecule is CCN(CCS(=O)(=O)CC)CC(C)(C)O. The van der Waals surface area contributed by atoms with Crippen molar-refractivity contribution in [1.29, 1.82) is 0 Å². The Morgan fingerprint density at radius 2 is 1.80 bits per heavy atom. The van der Waals surface area contributed by atoms with Crippen molar-refractivity contribution in [2.45, 2.75) is 33.3 Å². The molecule has 0 aliphatic carbocycles. The predicted molar refractivity (Wildman–Crippen MR) is 62.7 cm³/mol. The van der Waals surface area contributed by atoms with Crippen molar-refractivity contribution in [2.24, 2.45) is 0 Å². The minimum atomic E-state index is -2.90. The second kappa shape index (κ2) is 5.82. The summed E-state index contributed by atoms with van der Waals surface area (Å²) in [5.74, 6) is 0.362. The topological polar surface area (TPSA) is 57.6 Å². The number of hydrogen-bond acceptors (Lipinski definition) is 4. The molecule has 0 rings (SSSR count). The van der Waals surface area contributed by atoms with Gasteiger partial charge in [0, 0.05) is 18.8 Å². The third-order valence-corrected chi connectivity index (χ3v) is 3.90. The van der Waals surface area contributed by atoms with E-state index in [1.807, 2.05) is 11.8 Å². The number of hydrogen-bond donors (Lipinski definition) is 1. The molecule has 0 spiro atoms. The van der Waals surface area contributed by atoms with Gasteiger partial charge in [-0.1, -0.05) is 13.8 Å². The van der Waals surface area contributed by atoms with E-state index in [-0.39, 0.29) is 11.5 Å². The number of rotatable bonds is 7. The molecule has 0 unspecified atom stereocenters. The highest BCUT2D eigenvalue weighted by Gasteiger charge is 2.18. The molecule has 0 saturated heterocycles. The summed E-state index contributed by atoms with van der Waals surface area (Å²) >= 11 is 0. The van der Waals surface area contributed by atoms with Gasteiger partial charge in [-0.3, -0.25) is 4.90 Å². The average molecular weight is 237 g/mol. The summed E-state index contributed by atoms with van der Waals surface area (Å²) in [5.41, 5.74) is -0.772. The fourth-order valence-electron chi connectivity index (χ4n) is 1.31. The lowest BCUT2D eigenvalue weighted by Gasteiger charge is -2.27. The summed E-state index contributed by atoms with van der Waals surface area (Å²) in [6.07, 6.45) is 0. The first-order valence-electron chi connectivity index (χ1n) is 5.35. The van der Waals surface area contributed by atoms with Gasteiger partial charge in [0.25, 0.3) is 0 Å². The van der Waals surface area contributed by atoms with Gasteiger partial charge in [-0.05, 0) is 20.4 Å². The fraction of sp³-hybridized carbons (Fsp3) is 1.00. The molecule has 4 nitrogen and oxygen atoms in total. The van der Waals surface area contributed by atoms with Crippen molar-refractivity contribution < 1.29 is 13.5 Å². The van der Waals surface area contributed by atoms with Crippen molar-refractivity contribution in [2.75, 3.05) is 31.1 Å². The molecule has 0 atom stereocenters. The van der Waals surface area contributed by atoms with Crippen molar-refractivity contribution in [1.82, 2.24) is 4.90 Å². The van der Waals surface area contributed by atoms with E-state index in [1.54, 1.807) is 20.8 Å². The Morgan fingerprint density at radius 1 is 1.27 bits per heavy atom. The Balaban J connectivity index is 4.13. The second-order valence-corrected chi connectivity index (χ2v) is 6.89. The zero-order chi connectivity index (χ0) is 12.1. The minimum Gasteiger partial charge on any atom is -0.389 e. The van der Waals surface area contributed by atoms with E-state index in [4.69, 9.17) is 0 Å². The highest BCUT2D eigenvalue weighted by atomic mass is 32.2. The summed E-state index contributed by atoms with van der Waals surface area (Å²) in [6.45, 7) is 8.82. The van der Waals surface area contributed by atoms with Crippen molar-refractivity contribution in [3.8, 4) is 0 Å². The van der Waals surface area contributed by atoms with Crippen LogP contribution in [0.2, 0.25) is 0 Å². The van der Waals surface area contributed by atoms with Gasteiger partial charge in [0.2, 0.25) is 0 Å². The monoisotopic (exact) mass is 237 g/mol. The van der Waals surface area contributed by atoms with Gasteiger partial charge < -0.3 is 5.11 Å². The Hall–Kier alpha value is -0.130. The lowest BCUT2D eigenvalue weighted by atomic mass is 10.1. The molecule has 0 aliphatic rings. The van der Waals surface area contributed by atoms with E-state index >= 15 is 0 Å². The van der Waals surface area contributed by atoms with E-state index in [0.29, 0.717) is 13.1 Å². The van der Waals surface area contributed by atoms with Crippen LogP contribution in [0.15, 0.2) is 0 Å². The highest BCUT2D eigenvalue weighted by molar-refractivity contribution is 7.91. The molecular formula is C10H23NO3S. The third kappa shape index (κ3) is 7.76. The normalized spacial score (nSPS) is 13.5. The maximum absolute atomic E-state index is 11.3. The van der Waals surface area contributed by atoms with E-state index in [2.05, 4.69) is 0 Å². The molecular weight excluding hydrogens is 214 g/mol. The van der Waals surface area contributed by atoms with Crippen LogP contribution in [0.4, 0.5) is 0 Å². The molecule has 0 heterocycles. The zero-order valence-corrected chi connectivity index (χ0v) is 11.0. The number of likely N-dealkylation sites (N-methyl/N-ethyl adjacent to an activating group) is 1. The van der Waals surface area contributed by atoms with Crippen LogP contribution in [0.5, 0.6) is 0 Å². The summed E-state index contributed by atoms with van der Waals surface area (Å²) in [7, 11) is -2.90. The van der Waals surface area contributed by atoms with Gasteiger partial charge >= 0.3 is 0 Å². The molecule has 0 aromatic carbocycles. The Kier molecular flexibility index (Phi) is 5.77. The molecule has 0 radical (unpaired) electrons. The van der Waals surface area contributed by atoms with Gasteiger partial charge in [-0.25, -0.2) is 8.42 Å². The molecule has 92 valence electrons. The van der Waals surface area contributed by atoms with Crippen LogP contribution in [-0.4, -0.2) is 55.2 Å². The quantitative estimate of drug-likeness (QED) is 0.701. The van der Waals surface area contributed by atoms with Crippen molar-refractivity contribution >= 4 is 9.84 Å². The van der Waals surface area contributed by atoms with Crippen molar-refractivity contribution in [3.63, 3.8) is 0 Å². The van der Waals surface area contributed by atoms with E-state index in [9.17, 15) is 13.5 Å². The van der Waals surface area contributed by atoms with Gasteiger partial charge in [0.05, 0.1) is 11.4 Å². The van der Waals surface area contributed by atoms with E-state index in [1.165, 1.54) is 0 Å². The Morgan fingerprint density at radius 3 is 2.13 bits per heavy atom. The largest absolute Gasteiger partial charge is 0.389 e. The molecule has 15 heavy (non-hydrogen) atoms. The van der Waals surface area contributed by atoms with Crippen LogP contribution in [0.1, 0.15) is 27.7 Å². The molecule has 0 fully saturated rings.